The minimum atomic E-state index is 0.657. The highest BCUT2D eigenvalue weighted by molar-refractivity contribution is 6.17. The topological polar surface area (TPSA) is 35.6 Å². The Morgan fingerprint density at radius 2 is 1.00 bits per heavy atom. The largest absolute Gasteiger partial charge is 0.309 e. The summed E-state index contributed by atoms with van der Waals surface area (Å²) in [5.41, 5.74) is 10.9. The van der Waals surface area contributed by atoms with Crippen LogP contribution in [0.3, 0.4) is 0 Å². The van der Waals surface area contributed by atoms with Crippen LogP contribution in [0, 0.1) is 0 Å². The Hall–Kier alpha value is -7.04. The van der Waals surface area contributed by atoms with Crippen molar-refractivity contribution in [3.63, 3.8) is 0 Å². The summed E-state index contributed by atoms with van der Waals surface area (Å²) in [7, 11) is 0. The molecule has 4 heteroatoms. The van der Waals surface area contributed by atoms with Crippen molar-refractivity contribution in [2.24, 2.45) is 0 Å². The normalized spacial score (nSPS) is 11.8. The predicted octanol–water partition coefficient (Wildman–Crippen LogP) is 12.3. The molecule has 8 aromatic carbocycles. The smallest absolute Gasteiger partial charge is 0.235 e. The first-order valence-corrected chi connectivity index (χ1v) is 17.7. The van der Waals surface area contributed by atoms with Crippen molar-refractivity contribution in [1.29, 1.82) is 0 Å². The second kappa shape index (κ2) is 11.2. The summed E-state index contributed by atoms with van der Waals surface area (Å²) in [5.74, 6) is 0.657. The lowest BCUT2D eigenvalue weighted by atomic mass is 9.98. The van der Waals surface area contributed by atoms with Gasteiger partial charge in [0.2, 0.25) is 5.95 Å². The summed E-state index contributed by atoms with van der Waals surface area (Å²) < 4.78 is 4.64. The molecule has 0 radical (unpaired) electrons. The van der Waals surface area contributed by atoms with Crippen LogP contribution in [-0.4, -0.2) is 19.1 Å². The monoisotopic (exact) mass is 662 g/mol. The van der Waals surface area contributed by atoms with Gasteiger partial charge < -0.3 is 4.57 Å². The maximum atomic E-state index is 5.41. The van der Waals surface area contributed by atoms with Gasteiger partial charge in [-0.2, -0.15) is 0 Å². The molecule has 11 aromatic rings. The van der Waals surface area contributed by atoms with E-state index in [1.807, 2.05) is 0 Å². The summed E-state index contributed by atoms with van der Waals surface area (Å²) in [4.78, 5) is 10.8. The van der Waals surface area contributed by atoms with Gasteiger partial charge in [0.25, 0.3) is 0 Å². The van der Waals surface area contributed by atoms with Gasteiger partial charge in [0.15, 0.2) is 0 Å². The van der Waals surface area contributed by atoms with Crippen molar-refractivity contribution < 1.29 is 0 Å². The molecule has 0 N–H and O–H groups in total. The molecule has 0 bridgehead atoms. The zero-order valence-electron chi connectivity index (χ0n) is 28.1. The molecule has 4 nitrogen and oxygen atoms in total. The molecule has 0 aliphatic heterocycles. The number of nitrogens with zero attached hydrogens (tertiary/aromatic N) is 4. The van der Waals surface area contributed by atoms with Gasteiger partial charge in [0.1, 0.15) is 0 Å². The molecule has 0 unspecified atom stereocenters. The predicted molar refractivity (Wildman–Crippen MR) is 217 cm³/mol. The number of hydrogen-bond acceptors (Lipinski definition) is 2. The molecule has 52 heavy (non-hydrogen) atoms. The zero-order valence-corrected chi connectivity index (χ0v) is 28.1. The number of para-hydroxylation sites is 3. The SMILES string of the molecule is c1ccc(-c2nc(-n3c4ccccc4c4ccc(-c5cccc6c5c5ccccc5n6-c5ccccc5)cc43)nc3c2ccc2ccccc23)cc1. The Kier molecular flexibility index (Phi) is 6.22. The highest BCUT2D eigenvalue weighted by Crippen LogP contribution is 2.41. The summed E-state index contributed by atoms with van der Waals surface area (Å²) in [5, 5.41) is 8.12. The van der Waals surface area contributed by atoms with Gasteiger partial charge in [-0.25, -0.2) is 9.97 Å². The highest BCUT2D eigenvalue weighted by Gasteiger charge is 2.20. The molecule has 242 valence electrons. The molecule has 0 fully saturated rings. The van der Waals surface area contributed by atoms with Crippen LogP contribution in [-0.2, 0) is 0 Å². The van der Waals surface area contributed by atoms with Gasteiger partial charge >= 0.3 is 0 Å². The quantitative estimate of drug-likeness (QED) is 0.176. The Bertz CT molecular complexity index is 3170. The molecule has 3 heterocycles. The second-order valence-corrected chi connectivity index (χ2v) is 13.4. The number of hydrogen-bond donors (Lipinski definition) is 0. The molecule has 3 aromatic heterocycles. The van der Waals surface area contributed by atoms with Crippen LogP contribution in [0.5, 0.6) is 0 Å². The van der Waals surface area contributed by atoms with Crippen LogP contribution in [0.1, 0.15) is 0 Å². The third-order valence-corrected chi connectivity index (χ3v) is 10.5. The first kappa shape index (κ1) is 28.8. The number of rotatable bonds is 4. The molecule has 0 saturated heterocycles. The maximum absolute atomic E-state index is 5.41. The fourth-order valence-corrected chi connectivity index (χ4v) is 8.24. The fourth-order valence-electron chi connectivity index (χ4n) is 8.24. The van der Waals surface area contributed by atoms with Crippen LogP contribution in [0.4, 0.5) is 0 Å². The van der Waals surface area contributed by atoms with E-state index in [1.165, 1.54) is 38.1 Å². The Labute approximate surface area is 299 Å². The second-order valence-electron chi connectivity index (χ2n) is 13.4. The molecule has 0 aliphatic carbocycles. The van der Waals surface area contributed by atoms with Crippen LogP contribution in [0.2, 0.25) is 0 Å². The molecular weight excluding hydrogens is 633 g/mol. The van der Waals surface area contributed by atoms with Crippen molar-refractivity contribution in [2.75, 3.05) is 0 Å². The summed E-state index contributed by atoms with van der Waals surface area (Å²) >= 11 is 0. The van der Waals surface area contributed by atoms with E-state index >= 15 is 0 Å². The van der Waals surface area contributed by atoms with E-state index in [2.05, 4.69) is 191 Å². The number of aromatic nitrogens is 4. The molecule has 0 aliphatic rings. The minimum absolute atomic E-state index is 0.657. The lowest BCUT2D eigenvalue weighted by molar-refractivity contribution is 1.02. The molecule has 0 amide bonds. The van der Waals surface area contributed by atoms with Crippen LogP contribution >= 0.6 is 0 Å². The van der Waals surface area contributed by atoms with E-state index in [-0.39, 0.29) is 0 Å². The standard InChI is InChI=1S/C48H30N4/c1-3-15-32(16-4-1)46-40-29-26-31-14-7-8-19-36(31)47(40)50-48(49-46)52-41-23-11-9-20-37(41)38-28-27-33(30-44(38)52)35-22-13-25-43-45(35)39-21-10-12-24-42(39)51(43)34-17-5-2-6-18-34/h1-30H. The zero-order chi connectivity index (χ0) is 34.2. The van der Waals surface area contributed by atoms with Gasteiger partial charge in [0, 0.05) is 43.6 Å². The average molecular weight is 663 g/mol. The number of fused-ring (bicyclic) bond motifs is 9. The lowest BCUT2D eigenvalue weighted by Crippen LogP contribution is -2.04. The third-order valence-electron chi connectivity index (χ3n) is 10.5. The average Bonchev–Trinajstić information content (AvgIpc) is 3.74. The minimum Gasteiger partial charge on any atom is -0.309 e. The van der Waals surface area contributed by atoms with Crippen molar-refractivity contribution in [3.05, 3.63) is 182 Å². The van der Waals surface area contributed by atoms with Gasteiger partial charge in [-0.3, -0.25) is 4.57 Å². The highest BCUT2D eigenvalue weighted by atomic mass is 15.2. The Morgan fingerprint density at radius 3 is 1.83 bits per heavy atom. The van der Waals surface area contributed by atoms with Crippen LogP contribution in [0.15, 0.2) is 182 Å². The summed E-state index contributed by atoms with van der Waals surface area (Å²) in [6, 6.07) is 64.8. The molecule has 0 spiro atoms. The maximum Gasteiger partial charge on any atom is 0.235 e. The third kappa shape index (κ3) is 4.21. The first-order valence-electron chi connectivity index (χ1n) is 17.7. The molecular formula is C48H30N4. The fraction of sp³-hybridized carbons (Fsp3) is 0. The number of benzene rings is 8. The summed E-state index contributed by atoms with van der Waals surface area (Å²) in [6.07, 6.45) is 0. The van der Waals surface area contributed by atoms with Gasteiger partial charge in [-0.1, -0.05) is 140 Å². The lowest BCUT2D eigenvalue weighted by Gasteiger charge is -2.14. The van der Waals surface area contributed by atoms with E-state index in [4.69, 9.17) is 9.97 Å². The Morgan fingerprint density at radius 1 is 0.365 bits per heavy atom. The first-order chi connectivity index (χ1) is 25.8. The van der Waals surface area contributed by atoms with E-state index in [0.29, 0.717) is 5.95 Å². The molecule has 11 rings (SSSR count). The van der Waals surface area contributed by atoms with Crippen molar-refractivity contribution in [1.82, 2.24) is 19.1 Å². The van der Waals surface area contributed by atoms with Crippen LogP contribution in [0.25, 0.3) is 99.3 Å². The van der Waals surface area contributed by atoms with Gasteiger partial charge in [0.05, 0.1) is 33.3 Å². The van der Waals surface area contributed by atoms with Crippen molar-refractivity contribution in [3.8, 4) is 34.0 Å². The molecule has 0 atom stereocenters. The van der Waals surface area contributed by atoms with E-state index < -0.39 is 0 Å². The molecule has 0 saturated carbocycles. The van der Waals surface area contributed by atoms with Gasteiger partial charge in [-0.15, -0.1) is 0 Å². The van der Waals surface area contributed by atoms with E-state index in [9.17, 15) is 0 Å². The Balaban J connectivity index is 1.22. The van der Waals surface area contributed by atoms with Crippen molar-refractivity contribution >= 4 is 65.3 Å². The van der Waals surface area contributed by atoms with E-state index in [0.717, 1.165) is 55.2 Å². The van der Waals surface area contributed by atoms with E-state index in [1.54, 1.807) is 0 Å². The summed E-state index contributed by atoms with van der Waals surface area (Å²) in [6.45, 7) is 0. The van der Waals surface area contributed by atoms with Crippen molar-refractivity contribution in [2.45, 2.75) is 0 Å². The van der Waals surface area contributed by atoms with Gasteiger partial charge in [-0.05, 0) is 59.0 Å². The van der Waals surface area contributed by atoms with Crippen LogP contribution < -0.4 is 0 Å².